The number of piperazine rings is 1. The summed E-state index contributed by atoms with van der Waals surface area (Å²) >= 11 is 5.53. The largest absolute Gasteiger partial charge is 0.497 e. The first-order valence-corrected chi connectivity index (χ1v) is 9.84. The molecule has 142 valence electrons. The number of methoxy groups -OCH3 is 1. The Hall–Kier alpha value is -2.41. The van der Waals surface area contributed by atoms with Gasteiger partial charge in [0.2, 0.25) is 0 Å². The monoisotopic (exact) mass is 383 g/mol. The third-order valence-electron chi connectivity index (χ3n) is 5.01. The zero-order valence-electron chi connectivity index (χ0n) is 15.8. The fraction of sp³-hybridized carbons (Fsp3) is 0.450. The lowest BCUT2D eigenvalue weighted by Crippen LogP contribution is -2.52. The molecule has 1 N–H and O–H groups in total. The minimum absolute atomic E-state index is 0.604. The second-order valence-corrected chi connectivity index (χ2v) is 7.47. The molecule has 0 unspecified atom stereocenters. The molecule has 2 fully saturated rings. The normalized spacial score (nSPS) is 17.0. The lowest BCUT2D eigenvalue weighted by Gasteiger charge is -2.37. The Kier molecular flexibility index (Phi) is 5.11. The Morgan fingerprint density at radius 1 is 1.11 bits per heavy atom. The first-order valence-electron chi connectivity index (χ1n) is 9.43. The number of anilines is 1. The number of nitrogens with one attached hydrogen (secondary N) is 1. The van der Waals surface area contributed by atoms with Crippen molar-refractivity contribution in [1.29, 1.82) is 0 Å². The molecule has 1 saturated heterocycles. The highest BCUT2D eigenvalue weighted by Gasteiger charge is 2.26. The van der Waals surface area contributed by atoms with Crippen molar-refractivity contribution in [3.05, 3.63) is 36.2 Å². The second kappa shape index (κ2) is 7.68. The van der Waals surface area contributed by atoms with Crippen molar-refractivity contribution in [2.24, 2.45) is 0 Å². The van der Waals surface area contributed by atoms with Crippen LogP contribution < -0.4 is 15.0 Å². The van der Waals surface area contributed by atoms with E-state index in [0.29, 0.717) is 6.04 Å². The summed E-state index contributed by atoms with van der Waals surface area (Å²) in [6, 6.07) is 10.7. The Balaban J connectivity index is 1.45. The maximum Gasteiger partial charge on any atom is 0.169 e. The molecule has 1 aromatic heterocycles. The SMILES string of the molecule is COc1ccc(-c2cc(N3CCN(C(=S)NC4CC4)CC3)nc(C)n2)cc1. The van der Waals surface area contributed by atoms with Crippen molar-refractivity contribution in [3.63, 3.8) is 0 Å². The Labute approximate surface area is 165 Å². The van der Waals surface area contributed by atoms with E-state index in [2.05, 4.69) is 31.2 Å². The predicted octanol–water partition coefficient (Wildman–Crippen LogP) is 2.62. The molecule has 0 amide bonds. The average Bonchev–Trinajstić information content (AvgIpc) is 3.51. The molecule has 7 heteroatoms. The smallest absolute Gasteiger partial charge is 0.169 e. The molecule has 6 nitrogen and oxygen atoms in total. The van der Waals surface area contributed by atoms with Crippen molar-refractivity contribution in [2.45, 2.75) is 25.8 Å². The first kappa shape index (κ1) is 18.0. The summed E-state index contributed by atoms with van der Waals surface area (Å²) in [5.41, 5.74) is 2.00. The van der Waals surface area contributed by atoms with Crippen LogP contribution in [0.4, 0.5) is 5.82 Å². The van der Waals surface area contributed by atoms with E-state index in [1.807, 2.05) is 31.2 Å². The van der Waals surface area contributed by atoms with Crippen molar-refractivity contribution < 1.29 is 4.74 Å². The molecular formula is C20H25N5OS. The summed E-state index contributed by atoms with van der Waals surface area (Å²) in [4.78, 5) is 13.9. The molecule has 0 spiro atoms. The third kappa shape index (κ3) is 4.30. The molecule has 1 saturated carbocycles. The minimum Gasteiger partial charge on any atom is -0.497 e. The first-order chi connectivity index (χ1) is 13.1. The Morgan fingerprint density at radius 2 is 1.81 bits per heavy atom. The number of aromatic nitrogens is 2. The zero-order valence-corrected chi connectivity index (χ0v) is 16.6. The lowest BCUT2D eigenvalue weighted by molar-refractivity contribution is 0.378. The van der Waals surface area contributed by atoms with Gasteiger partial charge in [0, 0.05) is 43.9 Å². The summed E-state index contributed by atoms with van der Waals surface area (Å²) in [5, 5.41) is 4.33. The van der Waals surface area contributed by atoms with Crippen LogP contribution in [0.5, 0.6) is 5.75 Å². The summed E-state index contributed by atoms with van der Waals surface area (Å²) < 4.78 is 5.24. The van der Waals surface area contributed by atoms with Gasteiger partial charge in [-0.1, -0.05) is 0 Å². The molecule has 2 aliphatic rings. The van der Waals surface area contributed by atoms with E-state index in [4.69, 9.17) is 17.0 Å². The minimum atomic E-state index is 0.604. The van der Waals surface area contributed by atoms with Crippen LogP contribution in [0.15, 0.2) is 30.3 Å². The molecule has 1 aromatic carbocycles. The van der Waals surface area contributed by atoms with Crippen LogP contribution in [0.1, 0.15) is 18.7 Å². The van der Waals surface area contributed by atoms with Gasteiger partial charge < -0.3 is 19.9 Å². The standard InChI is InChI=1S/C20H25N5OS/c1-14-21-18(15-3-7-17(26-2)8-4-15)13-19(22-14)24-9-11-25(12-10-24)20(27)23-16-5-6-16/h3-4,7-8,13,16H,5-6,9-12H2,1-2H3,(H,23,27). The van der Waals surface area contributed by atoms with E-state index in [9.17, 15) is 0 Å². The van der Waals surface area contributed by atoms with Crippen LogP contribution in [0, 0.1) is 6.92 Å². The lowest BCUT2D eigenvalue weighted by atomic mass is 10.1. The maximum absolute atomic E-state index is 5.53. The molecule has 27 heavy (non-hydrogen) atoms. The molecule has 0 bridgehead atoms. The summed E-state index contributed by atoms with van der Waals surface area (Å²) in [6.07, 6.45) is 2.49. The van der Waals surface area contributed by atoms with Crippen LogP contribution in [-0.4, -0.2) is 59.3 Å². The van der Waals surface area contributed by atoms with Gasteiger partial charge in [-0.25, -0.2) is 9.97 Å². The maximum atomic E-state index is 5.53. The highest BCUT2D eigenvalue weighted by atomic mass is 32.1. The van der Waals surface area contributed by atoms with Gasteiger partial charge in [-0.2, -0.15) is 0 Å². The summed E-state index contributed by atoms with van der Waals surface area (Å²) in [6.45, 7) is 5.59. The third-order valence-corrected chi connectivity index (χ3v) is 5.38. The van der Waals surface area contributed by atoms with Gasteiger partial charge in [0.25, 0.3) is 0 Å². The number of hydrogen-bond donors (Lipinski definition) is 1. The predicted molar refractivity (Wildman–Crippen MR) is 111 cm³/mol. The number of benzene rings is 1. The number of hydrogen-bond acceptors (Lipinski definition) is 5. The van der Waals surface area contributed by atoms with Gasteiger partial charge in [0.1, 0.15) is 17.4 Å². The molecule has 4 rings (SSSR count). The van der Waals surface area contributed by atoms with E-state index in [1.165, 1.54) is 12.8 Å². The van der Waals surface area contributed by atoms with E-state index in [0.717, 1.165) is 59.9 Å². The molecule has 1 aliphatic carbocycles. The topological polar surface area (TPSA) is 53.5 Å². The molecule has 0 atom stereocenters. The van der Waals surface area contributed by atoms with Gasteiger partial charge >= 0.3 is 0 Å². The van der Waals surface area contributed by atoms with Crippen molar-refractivity contribution >= 4 is 23.1 Å². The number of ether oxygens (including phenoxy) is 1. The zero-order chi connectivity index (χ0) is 18.8. The van der Waals surface area contributed by atoms with E-state index >= 15 is 0 Å². The number of nitrogens with zero attached hydrogens (tertiary/aromatic N) is 4. The molecule has 2 heterocycles. The van der Waals surface area contributed by atoms with Gasteiger partial charge in [-0.05, 0) is 56.2 Å². The summed E-state index contributed by atoms with van der Waals surface area (Å²) in [7, 11) is 1.67. The molecule has 2 aromatic rings. The van der Waals surface area contributed by atoms with Gasteiger partial charge in [0.15, 0.2) is 5.11 Å². The number of rotatable bonds is 4. The van der Waals surface area contributed by atoms with Crippen LogP contribution >= 0.6 is 12.2 Å². The molecule has 0 radical (unpaired) electrons. The van der Waals surface area contributed by atoms with E-state index < -0.39 is 0 Å². The van der Waals surface area contributed by atoms with Gasteiger partial charge in [-0.3, -0.25) is 0 Å². The highest BCUT2D eigenvalue weighted by Crippen LogP contribution is 2.25. The van der Waals surface area contributed by atoms with Crippen molar-refractivity contribution in [3.8, 4) is 17.0 Å². The van der Waals surface area contributed by atoms with Gasteiger partial charge in [-0.15, -0.1) is 0 Å². The van der Waals surface area contributed by atoms with Crippen molar-refractivity contribution in [1.82, 2.24) is 20.2 Å². The molecule has 1 aliphatic heterocycles. The number of thiocarbonyl (C=S) groups is 1. The quantitative estimate of drug-likeness (QED) is 0.815. The van der Waals surface area contributed by atoms with Crippen molar-refractivity contribution in [2.75, 3.05) is 38.2 Å². The summed E-state index contributed by atoms with van der Waals surface area (Å²) in [5.74, 6) is 2.61. The van der Waals surface area contributed by atoms with Crippen LogP contribution in [0.2, 0.25) is 0 Å². The van der Waals surface area contributed by atoms with Crippen LogP contribution in [0.3, 0.4) is 0 Å². The molecular weight excluding hydrogens is 358 g/mol. The second-order valence-electron chi connectivity index (χ2n) is 7.08. The van der Waals surface area contributed by atoms with Gasteiger partial charge in [0.05, 0.1) is 12.8 Å². The number of aryl methyl sites for hydroxylation is 1. The Bertz CT molecular complexity index is 814. The average molecular weight is 384 g/mol. The fourth-order valence-electron chi connectivity index (χ4n) is 3.26. The van der Waals surface area contributed by atoms with Crippen LogP contribution in [0.25, 0.3) is 11.3 Å². The fourth-order valence-corrected chi connectivity index (χ4v) is 3.61. The van der Waals surface area contributed by atoms with E-state index in [-0.39, 0.29) is 0 Å². The Morgan fingerprint density at radius 3 is 2.44 bits per heavy atom. The van der Waals surface area contributed by atoms with E-state index in [1.54, 1.807) is 7.11 Å². The highest BCUT2D eigenvalue weighted by molar-refractivity contribution is 7.80. The van der Waals surface area contributed by atoms with Crippen LogP contribution in [-0.2, 0) is 0 Å².